The smallest absolute Gasteiger partial charge is 0.332 e. The van der Waals surface area contributed by atoms with Crippen molar-refractivity contribution in [1.82, 2.24) is 9.13 Å². The summed E-state index contributed by atoms with van der Waals surface area (Å²) >= 11 is 0. The van der Waals surface area contributed by atoms with Crippen LogP contribution in [0.1, 0.15) is 41.0 Å². The van der Waals surface area contributed by atoms with Gasteiger partial charge in [0.15, 0.2) is 11.9 Å². The van der Waals surface area contributed by atoms with Crippen molar-refractivity contribution < 1.29 is 9.36 Å². The van der Waals surface area contributed by atoms with Crippen molar-refractivity contribution in [3.05, 3.63) is 91.9 Å². The van der Waals surface area contributed by atoms with Gasteiger partial charge in [-0.2, -0.15) is 4.57 Å². The Balaban J connectivity index is 2.10. The molecule has 156 valence electrons. The van der Waals surface area contributed by atoms with E-state index >= 15 is 0 Å². The first kappa shape index (κ1) is 21.2. The number of aromatic nitrogens is 3. The van der Waals surface area contributed by atoms with Crippen LogP contribution in [0.2, 0.25) is 0 Å². The van der Waals surface area contributed by atoms with Crippen LogP contribution in [0.4, 0.5) is 5.82 Å². The highest BCUT2D eigenvalue weighted by Gasteiger charge is 2.25. The lowest BCUT2D eigenvalue weighted by Crippen LogP contribution is -2.47. The number of nitrogens with zero attached hydrogens (tertiary/aromatic N) is 3. The zero-order valence-electron chi connectivity index (χ0n) is 17.6. The minimum Gasteiger partial charge on any atom is -0.384 e. The fraction of sp³-hybridized carbons (Fsp3) is 0.304. The first-order valence-electron chi connectivity index (χ1n) is 10.1. The second-order valence-electron chi connectivity index (χ2n) is 7.25. The number of aryl methyl sites for hydroxylation is 2. The van der Waals surface area contributed by atoms with Gasteiger partial charge in [0.05, 0.1) is 6.54 Å². The maximum absolute atomic E-state index is 13.2. The van der Waals surface area contributed by atoms with Crippen LogP contribution in [-0.4, -0.2) is 14.9 Å². The normalized spacial score (nSPS) is 10.9. The fourth-order valence-electron chi connectivity index (χ4n) is 3.46. The van der Waals surface area contributed by atoms with Gasteiger partial charge in [0.25, 0.3) is 5.56 Å². The lowest BCUT2D eigenvalue weighted by molar-refractivity contribution is -0.689. The first-order chi connectivity index (χ1) is 14.4. The van der Waals surface area contributed by atoms with Crippen molar-refractivity contribution in [3.8, 4) is 0 Å². The number of carbonyl (C=O) groups excluding carboxylic acids is 1. The molecule has 30 heavy (non-hydrogen) atoms. The predicted molar refractivity (Wildman–Crippen MR) is 116 cm³/mol. The third kappa shape index (κ3) is 4.10. The number of hydrogen-bond donors (Lipinski definition) is 1. The second kappa shape index (κ2) is 8.90. The summed E-state index contributed by atoms with van der Waals surface area (Å²) < 4.78 is 4.17. The van der Waals surface area contributed by atoms with Crippen molar-refractivity contribution in [2.45, 2.75) is 46.8 Å². The summed E-state index contributed by atoms with van der Waals surface area (Å²) in [7, 11) is 0. The zero-order chi connectivity index (χ0) is 21.8. The topological polar surface area (TPSA) is 91.0 Å². The fourth-order valence-corrected chi connectivity index (χ4v) is 3.46. The minimum absolute atomic E-state index is 0.0215. The van der Waals surface area contributed by atoms with E-state index < -0.39 is 17.0 Å². The molecule has 7 heteroatoms. The molecule has 3 aromatic rings. The van der Waals surface area contributed by atoms with Crippen molar-refractivity contribution >= 4 is 11.6 Å². The van der Waals surface area contributed by atoms with E-state index in [1.165, 1.54) is 4.57 Å². The number of carbonyl (C=O) groups is 1. The Morgan fingerprint density at radius 1 is 1.00 bits per heavy atom. The van der Waals surface area contributed by atoms with Crippen molar-refractivity contribution in [3.63, 3.8) is 0 Å². The summed E-state index contributed by atoms with van der Waals surface area (Å²) in [6.07, 6.45) is 2.74. The lowest BCUT2D eigenvalue weighted by Gasteiger charge is -2.15. The van der Waals surface area contributed by atoms with Crippen LogP contribution in [-0.2, 0) is 26.1 Å². The van der Waals surface area contributed by atoms with E-state index in [4.69, 9.17) is 5.73 Å². The summed E-state index contributed by atoms with van der Waals surface area (Å²) in [5.74, 6) is -0.503. The third-order valence-electron chi connectivity index (χ3n) is 5.28. The molecule has 1 aromatic carbocycles. The molecule has 0 atom stereocenters. The molecule has 0 aliphatic heterocycles. The molecular weight excluding hydrogens is 380 g/mol. The summed E-state index contributed by atoms with van der Waals surface area (Å²) in [5.41, 5.74) is 7.76. The Morgan fingerprint density at radius 2 is 1.70 bits per heavy atom. The molecule has 0 unspecified atom stereocenters. The number of hydrogen-bond acceptors (Lipinski definition) is 4. The molecule has 0 spiro atoms. The molecule has 2 heterocycles. The first-order valence-corrected chi connectivity index (χ1v) is 10.1. The largest absolute Gasteiger partial charge is 0.384 e. The average Bonchev–Trinajstić information content (AvgIpc) is 2.74. The van der Waals surface area contributed by atoms with Gasteiger partial charge in [-0.15, -0.1) is 0 Å². The highest BCUT2D eigenvalue weighted by Crippen LogP contribution is 2.10. The molecule has 2 aromatic heterocycles. The zero-order valence-corrected chi connectivity index (χ0v) is 17.6. The third-order valence-corrected chi connectivity index (χ3v) is 5.28. The van der Waals surface area contributed by atoms with Gasteiger partial charge in [0.2, 0.25) is 12.3 Å². The SMILES string of the molecule is CCc1ccc(C)[n+](CC(=O)c2c(N)n(Cc3ccccc3)c(=O)n(CC)c2=O)c1. The lowest BCUT2D eigenvalue weighted by atomic mass is 10.1. The summed E-state index contributed by atoms with van der Waals surface area (Å²) in [4.78, 5) is 38.9. The van der Waals surface area contributed by atoms with E-state index in [9.17, 15) is 14.4 Å². The molecule has 2 N–H and O–H groups in total. The second-order valence-corrected chi connectivity index (χ2v) is 7.25. The van der Waals surface area contributed by atoms with Gasteiger partial charge in [0, 0.05) is 25.1 Å². The van der Waals surface area contributed by atoms with E-state index in [0.717, 1.165) is 27.8 Å². The number of ketones is 1. The quantitative estimate of drug-likeness (QED) is 0.477. The van der Waals surface area contributed by atoms with Crippen LogP contribution >= 0.6 is 0 Å². The van der Waals surface area contributed by atoms with Crippen LogP contribution in [0.5, 0.6) is 0 Å². The van der Waals surface area contributed by atoms with Gasteiger partial charge in [0.1, 0.15) is 11.4 Å². The van der Waals surface area contributed by atoms with E-state index in [0.29, 0.717) is 0 Å². The highest BCUT2D eigenvalue weighted by molar-refractivity contribution is 5.98. The van der Waals surface area contributed by atoms with Crippen molar-refractivity contribution in [2.24, 2.45) is 0 Å². The van der Waals surface area contributed by atoms with Crippen LogP contribution in [0.25, 0.3) is 0 Å². The maximum atomic E-state index is 13.2. The Hall–Kier alpha value is -3.48. The summed E-state index contributed by atoms with van der Waals surface area (Å²) in [6.45, 7) is 5.95. The molecule has 0 aliphatic carbocycles. The van der Waals surface area contributed by atoms with Gasteiger partial charge < -0.3 is 5.73 Å². The van der Waals surface area contributed by atoms with Gasteiger partial charge in [-0.1, -0.05) is 37.3 Å². The standard InChI is InChI=1S/C23H26N4O3/c1-4-17-12-11-16(3)25(13-17)15-19(28)20-21(24)27(14-18-9-7-6-8-10-18)23(30)26(5-2)22(20)29/h6-13H,4-5,14-15H2,1-3H3,(H-,24,28,29)/p+1. The number of nitrogen functional groups attached to an aromatic ring is 1. The average molecular weight is 407 g/mol. The van der Waals surface area contributed by atoms with Crippen LogP contribution in [0.3, 0.4) is 0 Å². The Kier molecular flexibility index (Phi) is 6.30. The molecule has 0 bridgehead atoms. The summed E-state index contributed by atoms with van der Waals surface area (Å²) in [5, 5.41) is 0. The van der Waals surface area contributed by atoms with Crippen LogP contribution in [0.15, 0.2) is 58.3 Å². The van der Waals surface area contributed by atoms with Gasteiger partial charge in [-0.3, -0.25) is 18.7 Å². The molecule has 7 nitrogen and oxygen atoms in total. The number of benzene rings is 1. The number of pyridine rings is 1. The molecule has 0 radical (unpaired) electrons. The summed E-state index contributed by atoms with van der Waals surface area (Å²) in [6, 6.07) is 13.3. The number of anilines is 1. The monoisotopic (exact) mass is 407 g/mol. The minimum atomic E-state index is -0.640. The molecule has 3 rings (SSSR count). The van der Waals surface area contributed by atoms with Crippen molar-refractivity contribution in [2.75, 3.05) is 5.73 Å². The van der Waals surface area contributed by atoms with Crippen molar-refractivity contribution in [1.29, 1.82) is 0 Å². The Labute approximate surface area is 175 Å². The maximum Gasteiger partial charge on any atom is 0.332 e. The van der Waals surface area contributed by atoms with Gasteiger partial charge in [-0.05, 0) is 25.0 Å². The molecule has 0 fully saturated rings. The van der Waals surface area contributed by atoms with Crippen LogP contribution in [0, 0.1) is 6.92 Å². The molecule has 0 amide bonds. The predicted octanol–water partition coefficient (Wildman–Crippen LogP) is 1.70. The van der Waals surface area contributed by atoms with E-state index in [2.05, 4.69) is 0 Å². The number of Topliss-reactive ketones (excluding diaryl/α,β-unsaturated/α-hetero) is 1. The Bertz CT molecular complexity index is 1190. The Morgan fingerprint density at radius 3 is 2.33 bits per heavy atom. The van der Waals surface area contributed by atoms with E-state index in [1.807, 2.05) is 67.1 Å². The van der Waals surface area contributed by atoms with Gasteiger partial charge in [-0.25, -0.2) is 4.79 Å². The highest BCUT2D eigenvalue weighted by atomic mass is 16.2. The molecule has 0 saturated heterocycles. The molecule has 0 aliphatic rings. The molecular formula is C23H27N4O3+. The molecule has 0 saturated carbocycles. The van der Waals surface area contributed by atoms with Crippen LogP contribution < -0.4 is 21.5 Å². The number of rotatable bonds is 7. The van der Waals surface area contributed by atoms with E-state index in [-0.39, 0.29) is 31.0 Å². The van der Waals surface area contributed by atoms with E-state index in [1.54, 1.807) is 6.92 Å². The number of nitrogens with two attached hydrogens (primary N) is 1. The van der Waals surface area contributed by atoms with Gasteiger partial charge >= 0.3 is 5.69 Å².